The van der Waals surface area contributed by atoms with Crippen LogP contribution >= 0.6 is 15.9 Å². The number of benzene rings is 1. The third-order valence-corrected chi connectivity index (χ3v) is 2.79. The van der Waals surface area contributed by atoms with Crippen molar-refractivity contribution < 1.29 is 9.50 Å². The zero-order valence-corrected chi connectivity index (χ0v) is 9.18. The molecule has 2 nitrogen and oxygen atoms in total. The van der Waals surface area contributed by atoms with Gasteiger partial charge in [-0.15, -0.1) is 0 Å². The molecule has 0 amide bonds. The standard InChI is InChI=1S/C10H9BrFNO/c1-2-6(5-13)7-3-4-8(12)9(11)10(7)14/h3-4,6,14H,2H2,1H3. The quantitative estimate of drug-likeness (QED) is 0.884. The Bertz CT molecular complexity index is 386. The number of halogens is 2. The third-order valence-electron chi connectivity index (χ3n) is 2.04. The van der Waals surface area contributed by atoms with E-state index in [0.29, 0.717) is 12.0 Å². The van der Waals surface area contributed by atoms with Crippen LogP contribution in [0.3, 0.4) is 0 Å². The lowest BCUT2D eigenvalue weighted by Crippen LogP contribution is -1.95. The van der Waals surface area contributed by atoms with E-state index in [9.17, 15) is 9.50 Å². The minimum atomic E-state index is -0.529. The van der Waals surface area contributed by atoms with Gasteiger partial charge in [0, 0.05) is 5.56 Å². The molecule has 14 heavy (non-hydrogen) atoms. The maximum atomic E-state index is 12.9. The Morgan fingerprint density at radius 1 is 1.64 bits per heavy atom. The molecule has 0 heterocycles. The van der Waals surface area contributed by atoms with Gasteiger partial charge in [-0.25, -0.2) is 4.39 Å². The number of phenolic OH excluding ortho intramolecular Hbond substituents is 1. The van der Waals surface area contributed by atoms with E-state index in [2.05, 4.69) is 22.0 Å². The van der Waals surface area contributed by atoms with Crippen molar-refractivity contribution in [3.8, 4) is 11.8 Å². The van der Waals surface area contributed by atoms with Crippen LogP contribution in [0.25, 0.3) is 0 Å². The second-order valence-corrected chi connectivity index (χ2v) is 3.68. The number of nitriles is 1. The molecule has 1 unspecified atom stereocenters. The van der Waals surface area contributed by atoms with Gasteiger partial charge >= 0.3 is 0 Å². The van der Waals surface area contributed by atoms with Crippen molar-refractivity contribution >= 4 is 15.9 Å². The molecule has 74 valence electrons. The van der Waals surface area contributed by atoms with Crippen LogP contribution < -0.4 is 0 Å². The van der Waals surface area contributed by atoms with Crippen LogP contribution in [0.4, 0.5) is 4.39 Å². The van der Waals surface area contributed by atoms with E-state index in [1.165, 1.54) is 12.1 Å². The molecular formula is C10H9BrFNO. The predicted molar refractivity (Wildman–Crippen MR) is 54.4 cm³/mol. The van der Waals surface area contributed by atoms with Crippen molar-refractivity contribution in [3.05, 3.63) is 28.0 Å². The number of hydrogen-bond acceptors (Lipinski definition) is 2. The molecule has 0 fully saturated rings. The topological polar surface area (TPSA) is 44.0 Å². The Balaban J connectivity index is 3.24. The van der Waals surface area contributed by atoms with Crippen LogP contribution in [0.1, 0.15) is 24.8 Å². The maximum Gasteiger partial charge on any atom is 0.141 e. The number of nitrogens with zero attached hydrogens (tertiary/aromatic N) is 1. The van der Waals surface area contributed by atoms with Gasteiger partial charge in [0.25, 0.3) is 0 Å². The van der Waals surface area contributed by atoms with E-state index in [0.717, 1.165) is 0 Å². The van der Waals surface area contributed by atoms with Gasteiger partial charge in [0.15, 0.2) is 0 Å². The Morgan fingerprint density at radius 3 is 2.79 bits per heavy atom. The van der Waals surface area contributed by atoms with Crippen LogP contribution in [0.2, 0.25) is 0 Å². The van der Waals surface area contributed by atoms with Crippen molar-refractivity contribution in [2.24, 2.45) is 0 Å². The van der Waals surface area contributed by atoms with E-state index in [1.54, 1.807) is 0 Å². The van der Waals surface area contributed by atoms with Crippen molar-refractivity contribution in [3.63, 3.8) is 0 Å². The van der Waals surface area contributed by atoms with Gasteiger partial charge in [-0.1, -0.05) is 13.0 Å². The van der Waals surface area contributed by atoms with Crippen LogP contribution in [0.5, 0.6) is 5.75 Å². The Hall–Kier alpha value is -1.08. The smallest absolute Gasteiger partial charge is 0.141 e. The second-order valence-electron chi connectivity index (χ2n) is 2.89. The van der Waals surface area contributed by atoms with Gasteiger partial charge in [0.2, 0.25) is 0 Å². The van der Waals surface area contributed by atoms with Gasteiger partial charge in [-0.05, 0) is 28.4 Å². The summed E-state index contributed by atoms with van der Waals surface area (Å²) in [6.45, 7) is 1.84. The summed E-state index contributed by atoms with van der Waals surface area (Å²) in [4.78, 5) is 0. The first-order chi connectivity index (χ1) is 6.61. The minimum Gasteiger partial charge on any atom is -0.506 e. The zero-order valence-electron chi connectivity index (χ0n) is 7.59. The molecule has 1 N–H and O–H groups in total. The Kier molecular flexibility index (Phi) is 3.48. The van der Waals surface area contributed by atoms with E-state index in [1.807, 2.05) is 6.92 Å². The average molecular weight is 258 g/mol. The number of phenols is 1. The number of rotatable bonds is 2. The lowest BCUT2D eigenvalue weighted by atomic mass is 9.97. The molecule has 0 saturated carbocycles. The normalized spacial score (nSPS) is 12.1. The van der Waals surface area contributed by atoms with Crippen molar-refractivity contribution in [1.29, 1.82) is 5.26 Å². The van der Waals surface area contributed by atoms with Gasteiger partial charge < -0.3 is 5.11 Å². The molecule has 1 rings (SSSR count). The maximum absolute atomic E-state index is 12.9. The number of aromatic hydroxyl groups is 1. The first kappa shape index (κ1) is 11.0. The van der Waals surface area contributed by atoms with Gasteiger partial charge in [-0.2, -0.15) is 5.26 Å². The Morgan fingerprint density at radius 2 is 2.29 bits per heavy atom. The summed E-state index contributed by atoms with van der Waals surface area (Å²) in [5.41, 5.74) is 0.461. The largest absolute Gasteiger partial charge is 0.506 e. The van der Waals surface area contributed by atoms with Crippen LogP contribution in [0, 0.1) is 17.1 Å². The van der Waals surface area contributed by atoms with E-state index >= 15 is 0 Å². The third kappa shape index (κ3) is 1.88. The molecule has 1 aromatic carbocycles. The summed E-state index contributed by atoms with van der Waals surface area (Å²) in [6.07, 6.45) is 0.585. The molecule has 0 saturated heterocycles. The van der Waals surface area contributed by atoms with E-state index in [4.69, 9.17) is 5.26 Å². The highest BCUT2D eigenvalue weighted by atomic mass is 79.9. The average Bonchev–Trinajstić information content (AvgIpc) is 2.19. The molecule has 0 aliphatic heterocycles. The number of hydrogen-bond donors (Lipinski definition) is 1. The zero-order chi connectivity index (χ0) is 10.7. The molecule has 0 aromatic heterocycles. The predicted octanol–water partition coefficient (Wildman–Crippen LogP) is 3.31. The molecule has 1 atom stereocenters. The molecule has 0 radical (unpaired) electrons. The molecular weight excluding hydrogens is 249 g/mol. The molecule has 1 aromatic rings. The first-order valence-electron chi connectivity index (χ1n) is 4.18. The summed E-state index contributed by atoms with van der Waals surface area (Å²) in [6, 6.07) is 4.72. The summed E-state index contributed by atoms with van der Waals surface area (Å²) in [5.74, 6) is -1.11. The van der Waals surface area contributed by atoms with E-state index < -0.39 is 11.7 Å². The van der Waals surface area contributed by atoms with Crippen LogP contribution in [0.15, 0.2) is 16.6 Å². The van der Waals surface area contributed by atoms with Gasteiger partial charge in [0.05, 0.1) is 16.5 Å². The summed E-state index contributed by atoms with van der Waals surface area (Å²) < 4.78 is 13.0. The Labute approximate surface area is 90.1 Å². The molecule has 0 spiro atoms. The highest BCUT2D eigenvalue weighted by Crippen LogP contribution is 2.35. The molecule has 0 bridgehead atoms. The van der Waals surface area contributed by atoms with E-state index in [-0.39, 0.29) is 10.2 Å². The lowest BCUT2D eigenvalue weighted by Gasteiger charge is -2.10. The first-order valence-corrected chi connectivity index (χ1v) is 4.97. The second kappa shape index (κ2) is 4.43. The van der Waals surface area contributed by atoms with Gasteiger partial charge in [-0.3, -0.25) is 0 Å². The molecule has 0 aliphatic carbocycles. The fourth-order valence-electron chi connectivity index (χ4n) is 1.22. The molecule has 0 aliphatic rings. The van der Waals surface area contributed by atoms with Crippen LogP contribution in [-0.2, 0) is 0 Å². The fraction of sp³-hybridized carbons (Fsp3) is 0.300. The highest BCUT2D eigenvalue weighted by molar-refractivity contribution is 9.10. The minimum absolute atomic E-state index is 0.0173. The van der Waals surface area contributed by atoms with Crippen molar-refractivity contribution in [1.82, 2.24) is 0 Å². The molecule has 4 heteroatoms. The van der Waals surface area contributed by atoms with Crippen LogP contribution in [-0.4, -0.2) is 5.11 Å². The monoisotopic (exact) mass is 257 g/mol. The summed E-state index contributed by atoms with van der Waals surface area (Å²) >= 11 is 2.92. The van der Waals surface area contributed by atoms with Crippen molar-refractivity contribution in [2.75, 3.05) is 0 Å². The highest BCUT2D eigenvalue weighted by Gasteiger charge is 2.16. The summed E-state index contributed by atoms with van der Waals surface area (Å²) in [7, 11) is 0. The lowest BCUT2D eigenvalue weighted by molar-refractivity contribution is 0.454. The summed E-state index contributed by atoms with van der Waals surface area (Å²) in [5, 5.41) is 18.4. The SMILES string of the molecule is CCC(C#N)c1ccc(F)c(Br)c1O. The van der Waals surface area contributed by atoms with Crippen molar-refractivity contribution in [2.45, 2.75) is 19.3 Å². The fourth-order valence-corrected chi connectivity index (χ4v) is 1.58. The van der Waals surface area contributed by atoms with Gasteiger partial charge in [0.1, 0.15) is 11.6 Å².